The van der Waals surface area contributed by atoms with E-state index in [2.05, 4.69) is 79.8 Å². The van der Waals surface area contributed by atoms with Crippen molar-refractivity contribution in [2.75, 3.05) is 57.4 Å². The third-order valence-corrected chi connectivity index (χ3v) is 16.5. The second-order valence-electron chi connectivity index (χ2n) is 23.5. The number of nitrogens with one attached hydrogen (secondary N) is 3. The maximum absolute atomic E-state index is 17.1. The summed E-state index contributed by atoms with van der Waals surface area (Å²) in [6.45, 7) is 15.2. The fourth-order valence-electron chi connectivity index (χ4n) is 12.4. The number of nitrogens with zero attached hydrogens (tertiary/aromatic N) is 6. The van der Waals surface area contributed by atoms with E-state index < -0.39 is 41.1 Å². The number of fused-ring (bicyclic) bond motifs is 4. The lowest BCUT2D eigenvalue weighted by Gasteiger charge is -2.35. The van der Waals surface area contributed by atoms with Gasteiger partial charge in [0.2, 0.25) is 17.7 Å². The number of pyridine rings is 1. The number of benzene rings is 4. The van der Waals surface area contributed by atoms with Crippen LogP contribution in [0.3, 0.4) is 0 Å². The molecule has 16 nitrogen and oxygen atoms in total. The van der Waals surface area contributed by atoms with Crippen molar-refractivity contribution in [3.63, 3.8) is 0 Å². The van der Waals surface area contributed by atoms with Gasteiger partial charge in [-0.1, -0.05) is 75.2 Å². The molecule has 0 radical (unpaired) electrons. The number of halogens is 2. The molecule has 0 saturated carbocycles. The number of anilines is 1. The predicted molar refractivity (Wildman–Crippen MR) is 308 cm³/mol. The highest BCUT2D eigenvalue weighted by Gasteiger charge is 2.45. The number of amides is 3. The molecule has 18 heteroatoms. The Balaban J connectivity index is 0.732. The van der Waals surface area contributed by atoms with Gasteiger partial charge in [0.05, 0.1) is 29.7 Å². The fraction of sp³-hybridized carbons (Fsp3) is 0.460. The summed E-state index contributed by atoms with van der Waals surface area (Å²) < 4.78 is 44.5. The SMILES string of the molecule is C#Cc1c(F)ccc2cc(O)cc(-c3ncc4c(N5CC6CCC(C5)N6)nc(OC[C@@H]5CCCN5CCCOCCC(=O)N[C@H](C(=O)N5C[C@H](O)C[C@H]5C(=O)N[C@@H](C)c5ccc(-c6c(C)cccc6C)cc5)C(C)(C)C)nc4c3F)c12. The Bertz CT molecular complexity index is 3350. The normalized spacial score (nSPS) is 20.9. The van der Waals surface area contributed by atoms with Gasteiger partial charge in [-0.15, -0.1) is 6.42 Å². The van der Waals surface area contributed by atoms with Crippen molar-refractivity contribution in [1.82, 2.24) is 40.7 Å². The van der Waals surface area contributed by atoms with Crippen LogP contribution in [0.1, 0.15) is 101 Å². The number of aromatic hydroxyl groups is 1. The second-order valence-corrected chi connectivity index (χ2v) is 23.5. The Morgan fingerprint density at radius 1 is 0.951 bits per heavy atom. The number of aliphatic hydroxyl groups excluding tert-OH is 1. The highest BCUT2D eigenvalue weighted by atomic mass is 19.1. The summed E-state index contributed by atoms with van der Waals surface area (Å²) in [6, 6.07) is 18.1. The van der Waals surface area contributed by atoms with Crippen LogP contribution < -0.4 is 25.6 Å². The van der Waals surface area contributed by atoms with Crippen LogP contribution in [0.2, 0.25) is 0 Å². The minimum Gasteiger partial charge on any atom is -0.508 e. The Hall–Kier alpha value is -7.30. The van der Waals surface area contributed by atoms with Gasteiger partial charge in [-0.25, -0.2) is 8.78 Å². The number of likely N-dealkylation sites (tertiary alicyclic amines) is 2. The van der Waals surface area contributed by atoms with E-state index in [1.165, 1.54) is 52.1 Å². The number of aliphatic hydroxyl groups is 1. The first-order valence-electron chi connectivity index (χ1n) is 28.3. The lowest BCUT2D eigenvalue weighted by Crippen LogP contribution is -2.58. The Kier molecular flexibility index (Phi) is 16.9. The maximum Gasteiger partial charge on any atom is 0.319 e. The average Bonchev–Trinajstić information content (AvgIpc) is 4.13. The van der Waals surface area contributed by atoms with E-state index in [0.717, 1.165) is 43.4 Å². The number of phenols is 1. The van der Waals surface area contributed by atoms with Gasteiger partial charge in [-0.05, 0) is 116 Å². The molecule has 7 atom stereocenters. The van der Waals surface area contributed by atoms with Gasteiger partial charge in [0.15, 0.2) is 5.82 Å². The van der Waals surface area contributed by atoms with E-state index in [1.807, 2.05) is 45.9 Å². The number of hydrogen-bond donors (Lipinski definition) is 5. The molecule has 6 heterocycles. The molecule has 426 valence electrons. The van der Waals surface area contributed by atoms with Crippen molar-refractivity contribution in [2.24, 2.45) is 5.41 Å². The van der Waals surface area contributed by atoms with Crippen molar-refractivity contribution in [3.05, 3.63) is 107 Å². The lowest BCUT2D eigenvalue weighted by molar-refractivity contribution is -0.144. The fourth-order valence-corrected chi connectivity index (χ4v) is 12.4. The maximum atomic E-state index is 17.1. The van der Waals surface area contributed by atoms with Crippen molar-refractivity contribution < 1.29 is 42.9 Å². The zero-order chi connectivity index (χ0) is 57.3. The number of hydrogen-bond acceptors (Lipinski definition) is 13. The van der Waals surface area contributed by atoms with Gasteiger partial charge < -0.3 is 45.4 Å². The van der Waals surface area contributed by atoms with Crippen molar-refractivity contribution >= 4 is 45.2 Å². The van der Waals surface area contributed by atoms with E-state index in [-0.39, 0.29) is 108 Å². The molecular formula is C63H73F2N9O7. The summed E-state index contributed by atoms with van der Waals surface area (Å²) in [6.07, 6.45) is 11.0. The molecule has 4 saturated heterocycles. The van der Waals surface area contributed by atoms with Gasteiger partial charge in [0, 0.05) is 80.9 Å². The van der Waals surface area contributed by atoms with Crippen LogP contribution >= 0.6 is 0 Å². The zero-order valence-electron chi connectivity index (χ0n) is 47.0. The van der Waals surface area contributed by atoms with Gasteiger partial charge in [0.25, 0.3) is 0 Å². The molecule has 3 amide bonds. The Morgan fingerprint density at radius 3 is 2.41 bits per heavy atom. The minimum atomic E-state index is -0.965. The monoisotopic (exact) mass is 1110 g/mol. The first kappa shape index (κ1) is 57.0. The first-order chi connectivity index (χ1) is 38.8. The van der Waals surface area contributed by atoms with E-state index in [9.17, 15) is 24.6 Å². The van der Waals surface area contributed by atoms with Crippen molar-refractivity contribution in [1.29, 1.82) is 0 Å². The van der Waals surface area contributed by atoms with Crippen LogP contribution in [0.15, 0.2) is 72.9 Å². The third kappa shape index (κ3) is 12.3. The van der Waals surface area contributed by atoms with Gasteiger partial charge in [-0.2, -0.15) is 9.97 Å². The number of aromatic nitrogens is 3. The number of carbonyl (C=O) groups is 3. The molecule has 0 spiro atoms. The number of ether oxygens (including phenoxy) is 2. The largest absolute Gasteiger partial charge is 0.508 e. The van der Waals surface area contributed by atoms with E-state index in [4.69, 9.17) is 20.9 Å². The number of aryl methyl sites for hydroxylation is 2. The first-order valence-corrected chi connectivity index (χ1v) is 28.3. The average molecular weight is 1110 g/mol. The number of β-amino-alcohol motifs (C(OH)–C–C–N with tert-alkyl or cyclic N) is 1. The second kappa shape index (κ2) is 24.0. The molecule has 4 aliphatic rings. The van der Waals surface area contributed by atoms with Crippen LogP contribution in [0.25, 0.3) is 44.1 Å². The summed E-state index contributed by atoms with van der Waals surface area (Å²) in [5.74, 6) is 0.135. The molecule has 10 rings (SSSR count). The molecule has 4 fully saturated rings. The summed E-state index contributed by atoms with van der Waals surface area (Å²) in [4.78, 5) is 61.5. The van der Waals surface area contributed by atoms with Crippen LogP contribution in [-0.2, 0) is 19.1 Å². The van der Waals surface area contributed by atoms with Crippen LogP contribution in [-0.4, -0.2) is 142 Å². The summed E-state index contributed by atoms with van der Waals surface area (Å²) in [7, 11) is 0. The summed E-state index contributed by atoms with van der Waals surface area (Å²) in [5, 5.41) is 32.2. The zero-order valence-corrected chi connectivity index (χ0v) is 47.0. The van der Waals surface area contributed by atoms with E-state index in [0.29, 0.717) is 49.3 Å². The summed E-state index contributed by atoms with van der Waals surface area (Å²) >= 11 is 0. The number of carbonyl (C=O) groups excluding carboxylic acids is 3. The number of terminal acetylenes is 1. The molecule has 4 aliphatic heterocycles. The molecule has 2 bridgehead atoms. The minimum absolute atomic E-state index is 0.0133. The predicted octanol–water partition coefficient (Wildman–Crippen LogP) is 8.04. The van der Waals surface area contributed by atoms with Crippen molar-refractivity contribution in [2.45, 2.75) is 129 Å². The smallest absolute Gasteiger partial charge is 0.319 e. The van der Waals surface area contributed by atoms with E-state index >= 15 is 8.78 Å². The molecule has 0 aliphatic carbocycles. The van der Waals surface area contributed by atoms with E-state index in [1.54, 1.807) is 0 Å². The lowest BCUT2D eigenvalue weighted by atomic mass is 9.85. The highest BCUT2D eigenvalue weighted by molar-refractivity contribution is 6.03. The van der Waals surface area contributed by atoms with Crippen LogP contribution in [0.4, 0.5) is 14.6 Å². The molecule has 5 N–H and O–H groups in total. The number of piperazine rings is 1. The molecule has 2 aromatic heterocycles. The van der Waals surface area contributed by atoms with Gasteiger partial charge in [-0.3, -0.25) is 24.3 Å². The van der Waals surface area contributed by atoms with Gasteiger partial charge >= 0.3 is 6.01 Å². The molecule has 4 aromatic carbocycles. The molecule has 6 aromatic rings. The number of rotatable bonds is 18. The quantitative estimate of drug-likeness (QED) is 0.0411. The number of phenolic OH excluding ortho intramolecular Hbond substituents is 1. The Morgan fingerprint density at radius 2 is 1.69 bits per heavy atom. The third-order valence-electron chi connectivity index (χ3n) is 16.5. The topological polar surface area (TPSA) is 195 Å². The Labute approximate surface area is 472 Å². The van der Waals surface area contributed by atoms with Crippen molar-refractivity contribution in [3.8, 4) is 46.5 Å². The standard InChI is InChI=1S/C63H73F2N9O7/c1-8-47-50(64)22-19-41-28-45(75)29-48(54(41)47)56-55(65)57-49(31-66-56)59(73-32-42-20-21-43(33-73)68-42)71-62(70-57)81-35-44-14-10-24-72(44)25-11-26-80-27-23-52(77)69-58(63(5,6)7)61(79)74-34-46(76)30-51(74)60(78)67-38(4)39-15-17-40(18-16-39)53-36(2)12-9-13-37(53)3/h1,9,12-13,15-19,22,28-29,31,38,42-44,46,51,58,68,75-76H,10-11,14,20-21,23-27,30,32-35H2,2-7H3,(H,67,78)(H,69,77)/t38-,42?,43?,44-,46+,51-,58+/m0/s1. The van der Waals surface area contributed by atoms with Crippen LogP contribution in [0, 0.1) is 43.2 Å². The van der Waals surface area contributed by atoms with Gasteiger partial charge in [0.1, 0.15) is 47.3 Å². The molecule has 81 heavy (non-hydrogen) atoms. The molecule has 2 unspecified atom stereocenters. The van der Waals surface area contributed by atoms with Crippen LogP contribution in [0.5, 0.6) is 11.8 Å². The highest BCUT2D eigenvalue weighted by Crippen LogP contribution is 2.40. The summed E-state index contributed by atoms with van der Waals surface area (Å²) in [5.41, 5.74) is 4.71. The molecular weight excluding hydrogens is 1030 g/mol.